The molecule has 1 heterocycles. The molecule has 2 rings (SSSR count). The second-order valence-electron chi connectivity index (χ2n) is 5.60. The van der Waals surface area contributed by atoms with Crippen molar-refractivity contribution in [2.75, 3.05) is 5.32 Å². The molecule has 0 spiro atoms. The summed E-state index contributed by atoms with van der Waals surface area (Å²) in [5.41, 5.74) is 1.58. The van der Waals surface area contributed by atoms with Gasteiger partial charge in [-0.1, -0.05) is 13.8 Å². The number of nitrogens with zero attached hydrogens (tertiary/aromatic N) is 2. The average molecular weight is 243 g/mol. The Morgan fingerprint density at radius 1 is 1.28 bits per heavy atom. The quantitative estimate of drug-likeness (QED) is 0.864. The SMILES string of the molecule is Cc1cc(C#N)cc(NC2CCC(C)C(C)C2)n1. The van der Waals surface area contributed by atoms with Gasteiger partial charge in [0, 0.05) is 11.7 Å². The number of nitriles is 1. The molecule has 0 aliphatic heterocycles. The molecule has 18 heavy (non-hydrogen) atoms. The van der Waals surface area contributed by atoms with E-state index in [0.29, 0.717) is 11.6 Å². The molecule has 3 atom stereocenters. The molecule has 1 N–H and O–H groups in total. The maximum absolute atomic E-state index is 8.96. The van der Waals surface area contributed by atoms with E-state index < -0.39 is 0 Å². The number of aryl methyl sites for hydroxylation is 1. The van der Waals surface area contributed by atoms with Crippen LogP contribution in [0.1, 0.15) is 44.4 Å². The zero-order valence-corrected chi connectivity index (χ0v) is 11.4. The van der Waals surface area contributed by atoms with Gasteiger partial charge in [0.2, 0.25) is 0 Å². The normalized spacial score (nSPS) is 27.6. The summed E-state index contributed by atoms with van der Waals surface area (Å²) in [5.74, 6) is 2.43. The summed E-state index contributed by atoms with van der Waals surface area (Å²) < 4.78 is 0. The Labute approximate surface area is 109 Å². The third-order valence-corrected chi connectivity index (χ3v) is 4.03. The number of hydrogen-bond donors (Lipinski definition) is 1. The zero-order valence-electron chi connectivity index (χ0n) is 11.4. The van der Waals surface area contributed by atoms with Crippen LogP contribution in [0.2, 0.25) is 0 Å². The lowest BCUT2D eigenvalue weighted by atomic mass is 9.79. The number of hydrogen-bond acceptors (Lipinski definition) is 3. The highest BCUT2D eigenvalue weighted by Gasteiger charge is 2.24. The van der Waals surface area contributed by atoms with Gasteiger partial charge in [0.25, 0.3) is 0 Å². The first-order chi connectivity index (χ1) is 8.58. The van der Waals surface area contributed by atoms with E-state index in [0.717, 1.165) is 23.3 Å². The fourth-order valence-corrected chi connectivity index (χ4v) is 2.69. The molecule has 96 valence electrons. The minimum atomic E-state index is 0.497. The largest absolute Gasteiger partial charge is 0.367 e. The van der Waals surface area contributed by atoms with Crippen LogP contribution in [-0.4, -0.2) is 11.0 Å². The predicted octanol–water partition coefficient (Wildman–Crippen LogP) is 3.50. The van der Waals surface area contributed by atoms with Gasteiger partial charge < -0.3 is 5.32 Å². The van der Waals surface area contributed by atoms with E-state index in [2.05, 4.69) is 30.2 Å². The highest BCUT2D eigenvalue weighted by Crippen LogP contribution is 2.30. The Balaban J connectivity index is 2.06. The molecule has 0 amide bonds. The molecule has 1 aliphatic carbocycles. The number of rotatable bonds is 2. The van der Waals surface area contributed by atoms with Gasteiger partial charge in [0.15, 0.2) is 0 Å². The molecule has 3 nitrogen and oxygen atoms in total. The molecule has 0 aromatic carbocycles. The lowest BCUT2D eigenvalue weighted by molar-refractivity contribution is 0.260. The first-order valence-electron chi connectivity index (χ1n) is 6.74. The van der Waals surface area contributed by atoms with Gasteiger partial charge in [-0.2, -0.15) is 5.26 Å². The Morgan fingerprint density at radius 3 is 2.72 bits per heavy atom. The van der Waals surface area contributed by atoms with Crippen LogP contribution in [0, 0.1) is 30.1 Å². The Morgan fingerprint density at radius 2 is 2.06 bits per heavy atom. The highest BCUT2D eigenvalue weighted by molar-refractivity contribution is 5.45. The van der Waals surface area contributed by atoms with Crippen molar-refractivity contribution in [2.45, 2.75) is 46.1 Å². The topological polar surface area (TPSA) is 48.7 Å². The molecular formula is C15H21N3. The molecule has 3 heteroatoms. The first kappa shape index (κ1) is 12.9. The number of pyridine rings is 1. The number of aromatic nitrogens is 1. The van der Waals surface area contributed by atoms with Gasteiger partial charge >= 0.3 is 0 Å². The Bertz CT molecular complexity index is 461. The monoisotopic (exact) mass is 243 g/mol. The van der Waals surface area contributed by atoms with E-state index in [4.69, 9.17) is 5.26 Å². The van der Waals surface area contributed by atoms with Crippen LogP contribution in [0.3, 0.4) is 0 Å². The van der Waals surface area contributed by atoms with Gasteiger partial charge in [-0.05, 0) is 50.2 Å². The van der Waals surface area contributed by atoms with E-state index in [9.17, 15) is 0 Å². The van der Waals surface area contributed by atoms with Gasteiger partial charge in [-0.25, -0.2) is 4.98 Å². The molecular weight excluding hydrogens is 222 g/mol. The van der Waals surface area contributed by atoms with Crippen molar-refractivity contribution in [1.29, 1.82) is 5.26 Å². The Kier molecular flexibility index (Phi) is 3.86. The lowest BCUT2D eigenvalue weighted by Crippen LogP contribution is -2.30. The summed E-state index contributed by atoms with van der Waals surface area (Å²) in [6.45, 7) is 6.58. The van der Waals surface area contributed by atoms with Crippen molar-refractivity contribution in [1.82, 2.24) is 4.98 Å². The van der Waals surface area contributed by atoms with Gasteiger partial charge in [-0.3, -0.25) is 0 Å². The smallest absolute Gasteiger partial charge is 0.127 e. The average Bonchev–Trinajstić information content (AvgIpc) is 2.33. The molecule has 1 saturated carbocycles. The molecule has 1 aromatic rings. The van der Waals surface area contributed by atoms with Crippen LogP contribution < -0.4 is 5.32 Å². The third kappa shape index (κ3) is 3.01. The fraction of sp³-hybridized carbons (Fsp3) is 0.600. The molecule has 1 aliphatic rings. The van der Waals surface area contributed by atoms with Crippen LogP contribution in [-0.2, 0) is 0 Å². The standard InChI is InChI=1S/C15H21N3/c1-10-4-5-14(6-11(10)2)18-15-8-13(9-16)7-12(3)17-15/h7-8,10-11,14H,4-6H2,1-3H3,(H,17,18). The molecule has 1 fully saturated rings. The number of anilines is 1. The summed E-state index contributed by atoms with van der Waals surface area (Å²) >= 11 is 0. The van der Waals surface area contributed by atoms with Crippen LogP contribution in [0.4, 0.5) is 5.82 Å². The third-order valence-electron chi connectivity index (χ3n) is 4.03. The molecule has 0 radical (unpaired) electrons. The maximum Gasteiger partial charge on any atom is 0.127 e. The van der Waals surface area contributed by atoms with Crippen LogP contribution in [0.5, 0.6) is 0 Å². The zero-order chi connectivity index (χ0) is 13.1. The van der Waals surface area contributed by atoms with E-state index in [1.54, 1.807) is 0 Å². The van der Waals surface area contributed by atoms with E-state index in [1.807, 2.05) is 19.1 Å². The number of nitrogens with one attached hydrogen (secondary N) is 1. The fourth-order valence-electron chi connectivity index (χ4n) is 2.69. The van der Waals surface area contributed by atoms with Crippen molar-refractivity contribution in [3.8, 4) is 6.07 Å². The van der Waals surface area contributed by atoms with Gasteiger partial charge in [-0.15, -0.1) is 0 Å². The first-order valence-corrected chi connectivity index (χ1v) is 6.74. The lowest BCUT2D eigenvalue weighted by Gasteiger charge is -2.32. The van der Waals surface area contributed by atoms with Crippen molar-refractivity contribution in [3.05, 3.63) is 23.4 Å². The minimum absolute atomic E-state index is 0.497. The highest BCUT2D eigenvalue weighted by atomic mass is 15.0. The molecule has 1 aromatic heterocycles. The summed E-state index contributed by atoms with van der Waals surface area (Å²) in [6.07, 6.45) is 3.66. The van der Waals surface area contributed by atoms with E-state index in [-0.39, 0.29) is 0 Å². The second-order valence-corrected chi connectivity index (χ2v) is 5.60. The van der Waals surface area contributed by atoms with Crippen LogP contribution >= 0.6 is 0 Å². The summed E-state index contributed by atoms with van der Waals surface area (Å²) in [4.78, 5) is 4.46. The van der Waals surface area contributed by atoms with Crippen LogP contribution in [0.25, 0.3) is 0 Å². The van der Waals surface area contributed by atoms with Gasteiger partial charge in [0.05, 0.1) is 11.6 Å². The predicted molar refractivity (Wildman–Crippen MR) is 73.3 cm³/mol. The Hall–Kier alpha value is -1.56. The molecule has 0 bridgehead atoms. The van der Waals surface area contributed by atoms with Crippen molar-refractivity contribution < 1.29 is 0 Å². The van der Waals surface area contributed by atoms with Crippen molar-refractivity contribution in [2.24, 2.45) is 11.8 Å². The summed E-state index contributed by atoms with van der Waals surface area (Å²) in [5, 5.41) is 12.4. The maximum atomic E-state index is 8.96. The van der Waals surface area contributed by atoms with Crippen molar-refractivity contribution in [3.63, 3.8) is 0 Å². The second kappa shape index (κ2) is 5.39. The summed E-state index contributed by atoms with van der Waals surface area (Å²) in [6, 6.07) is 6.34. The molecule has 3 unspecified atom stereocenters. The molecule has 0 saturated heterocycles. The summed E-state index contributed by atoms with van der Waals surface area (Å²) in [7, 11) is 0. The van der Waals surface area contributed by atoms with Crippen LogP contribution in [0.15, 0.2) is 12.1 Å². The van der Waals surface area contributed by atoms with E-state index in [1.165, 1.54) is 19.3 Å². The van der Waals surface area contributed by atoms with Gasteiger partial charge in [0.1, 0.15) is 5.82 Å². The minimum Gasteiger partial charge on any atom is -0.367 e. The van der Waals surface area contributed by atoms with E-state index >= 15 is 0 Å². The van der Waals surface area contributed by atoms with Crippen molar-refractivity contribution >= 4 is 5.82 Å².